The van der Waals surface area contributed by atoms with Gasteiger partial charge in [0, 0.05) is 55.9 Å². The first-order valence-electron chi connectivity index (χ1n) is 11.0. The molecule has 0 bridgehead atoms. The molecule has 0 atom stereocenters. The van der Waals surface area contributed by atoms with E-state index in [1.807, 2.05) is 41.3 Å². The second kappa shape index (κ2) is 8.58. The minimum Gasteiger partial charge on any atom is -0.482 e. The molecule has 2 N–H and O–H groups in total. The summed E-state index contributed by atoms with van der Waals surface area (Å²) in [5, 5.41) is 0. The van der Waals surface area contributed by atoms with Crippen molar-refractivity contribution in [1.82, 2.24) is 4.90 Å². The number of piperidine rings is 1. The molecule has 1 spiro atoms. The number of nitrogens with two attached hydrogens (primary N) is 1. The van der Waals surface area contributed by atoms with Crippen molar-refractivity contribution in [2.75, 3.05) is 20.1 Å². The van der Waals surface area contributed by atoms with E-state index in [4.69, 9.17) is 10.5 Å². The van der Waals surface area contributed by atoms with E-state index in [0.717, 1.165) is 34.6 Å². The number of amides is 1. The van der Waals surface area contributed by atoms with Gasteiger partial charge in [0.05, 0.1) is 5.71 Å². The van der Waals surface area contributed by atoms with E-state index in [2.05, 4.69) is 31.0 Å². The number of benzene rings is 2. The molecule has 31 heavy (non-hydrogen) atoms. The van der Waals surface area contributed by atoms with Gasteiger partial charge in [0.15, 0.2) is 0 Å². The van der Waals surface area contributed by atoms with Crippen molar-refractivity contribution >= 4 is 11.6 Å². The molecule has 2 aliphatic heterocycles. The van der Waals surface area contributed by atoms with Crippen molar-refractivity contribution in [3.8, 4) is 5.75 Å². The number of carbonyl (C=O) groups is 1. The number of likely N-dealkylation sites (tertiary alicyclic amines) is 1. The monoisotopic (exact) mass is 417 g/mol. The van der Waals surface area contributed by atoms with Gasteiger partial charge >= 0.3 is 0 Å². The van der Waals surface area contributed by atoms with E-state index in [-0.39, 0.29) is 5.91 Å². The number of hydrogen-bond acceptors (Lipinski definition) is 4. The Morgan fingerprint density at radius 1 is 1.16 bits per heavy atom. The number of hydrogen-bond donors (Lipinski definition) is 1. The molecule has 0 aliphatic carbocycles. The minimum absolute atomic E-state index is 0.0739. The van der Waals surface area contributed by atoms with E-state index >= 15 is 0 Å². The van der Waals surface area contributed by atoms with Gasteiger partial charge in [-0.2, -0.15) is 0 Å². The molecule has 2 heterocycles. The summed E-state index contributed by atoms with van der Waals surface area (Å²) in [7, 11) is 1.79. The molecule has 0 aromatic heterocycles. The summed E-state index contributed by atoms with van der Waals surface area (Å²) >= 11 is 0. The van der Waals surface area contributed by atoms with E-state index in [1.54, 1.807) is 13.2 Å². The van der Waals surface area contributed by atoms with Crippen LogP contribution in [0.1, 0.15) is 48.2 Å². The Morgan fingerprint density at radius 3 is 2.45 bits per heavy atom. The van der Waals surface area contributed by atoms with Crippen LogP contribution in [0.25, 0.3) is 0 Å². The van der Waals surface area contributed by atoms with Crippen LogP contribution in [0.15, 0.2) is 65.3 Å². The van der Waals surface area contributed by atoms with Crippen molar-refractivity contribution in [1.29, 1.82) is 0 Å². The highest BCUT2D eigenvalue weighted by atomic mass is 16.5. The molecule has 2 aromatic rings. The molecule has 0 saturated carbocycles. The van der Waals surface area contributed by atoms with E-state index in [9.17, 15) is 4.79 Å². The summed E-state index contributed by atoms with van der Waals surface area (Å²) in [5.74, 6) is 1.50. The summed E-state index contributed by atoms with van der Waals surface area (Å²) < 4.78 is 6.52. The van der Waals surface area contributed by atoms with E-state index < -0.39 is 5.60 Å². The molecule has 2 aromatic carbocycles. The van der Waals surface area contributed by atoms with Crippen molar-refractivity contribution < 1.29 is 9.53 Å². The van der Waals surface area contributed by atoms with Gasteiger partial charge in [-0.3, -0.25) is 9.79 Å². The van der Waals surface area contributed by atoms with Crippen LogP contribution < -0.4 is 10.5 Å². The zero-order chi connectivity index (χ0) is 22.0. The highest BCUT2D eigenvalue weighted by Gasteiger charge is 2.46. The second-order valence-electron chi connectivity index (χ2n) is 8.83. The summed E-state index contributed by atoms with van der Waals surface area (Å²) in [4.78, 5) is 19.5. The van der Waals surface area contributed by atoms with Crippen LogP contribution in [0.3, 0.4) is 0 Å². The Kier molecular flexibility index (Phi) is 5.86. The highest BCUT2D eigenvalue weighted by molar-refractivity contribution is 6.16. The van der Waals surface area contributed by atoms with Crippen LogP contribution in [-0.2, 0) is 6.42 Å². The number of aliphatic imine (C=N–C) groups is 1. The molecule has 2 aliphatic rings. The first-order valence-corrected chi connectivity index (χ1v) is 11.0. The van der Waals surface area contributed by atoms with Gasteiger partial charge in [-0.1, -0.05) is 38.1 Å². The molecule has 162 valence electrons. The summed E-state index contributed by atoms with van der Waals surface area (Å²) in [5.41, 5.74) is 10.3. The normalized spacial score (nSPS) is 20.2. The topological polar surface area (TPSA) is 67.9 Å². The standard InChI is InChI=1S/C26H31N3O2/c1-18(2)16-19-8-10-20(11-9-19)25(30)29-14-12-26(13-15-29)22(17-27)24(28-3)21-6-4-5-7-23(21)31-26/h4-11,17-18H,12-16,27H2,1-3H3/b22-17+,28-24?. The largest absolute Gasteiger partial charge is 0.482 e. The van der Waals surface area contributed by atoms with Crippen LogP contribution in [0.2, 0.25) is 0 Å². The van der Waals surface area contributed by atoms with Gasteiger partial charge in [0.2, 0.25) is 0 Å². The minimum atomic E-state index is -0.546. The number of fused-ring (bicyclic) bond motifs is 1. The molecule has 1 fully saturated rings. The Labute approximate surface area is 184 Å². The molecule has 0 unspecified atom stereocenters. The molecule has 0 radical (unpaired) electrons. The molecule has 5 heteroatoms. The van der Waals surface area contributed by atoms with Gasteiger partial charge in [-0.15, -0.1) is 0 Å². The Morgan fingerprint density at radius 2 is 1.84 bits per heavy atom. The average Bonchev–Trinajstić information content (AvgIpc) is 2.78. The molecule has 1 saturated heterocycles. The predicted molar refractivity (Wildman–Crippen MR) is 125 cm³/mol. The maximum absolute atomic E-state index is 13.1. The van der Waals surface area contributed by atoms with E-state index in [1.165, 1.54) is 5.56 Å². The van der Waals surface area contributed by atoms with Crippen LogP contribution in [0.5, 0.6) is 5.75 Å². The quantitative estimate of drug-likeness (QED) is 0.813. The fourth-order valence-electron chi connectivity index (χ4n) is 4.73. The Balaban J connectivity index is 1.52. The van der Waals surface area contributed by atoms with Gasteiger partial charge < -0.3 is 15.4 Å². The Bertz CT molecular complexity index is 1010. The van der Waals surface area contributed by atoms with Gasteiger partial charge in [0.25, 0.3) is 5.91 Å². The third kappa shape index (κ3) is 3.97. The lowest BCUT2D eigenvalue weighted by molar-refractivity contribution is 0.0285. The molecular weight excluding hydrogens is 386 g/mol. The second-order valence-corrected chi connectivity index (χ2v) is 8.83. The lowest BCUT2D eigenvalue weighted by Crippen LogP contribution is -2.54. The van der Waals surface area contributed by atoms with Crippen molar-refractivity contribution in [3.63, 3.8) is 0 Å². The predicted octanol–water partition coefficient (Wildman–Crippen LogP) is 4.21. The first-order chi connectivity index (χ1) is 15.0. The molecule has 4 rings (SSSR count). The smallest absolute Gasteiger partial charge is 0.253 e. The summed E-state index contributed by atoms with van der Waals surface area (Å²) in [6, 6.07) is 16.0. The first kappa shape index (κ1) is 21.2. The Hall–Kier alpha value is -3.08. The van der Waals surface area contributed by atoms with Gasteiger partial charge in [0.1, 0.15) is 11.4 Å². The van der Waals surface area contributed by atoms with Crippen LogP contribution in [0, 0.1) is 5.92 Å². The highest BCUT2D eigenvalue weighted by Crippen LogP contribution is 2.42. The van der Waals surface area contributed by atoms with Gasteiger partial charge in [-0.25, -0.2) is 0 Å². The van der Waals surface area contributed by atoms with Crippen molar-refractivity contribution in [3.05, 3.63) is 77.0 Å². The zero-order valence-electron chi connectivity index (χ0n) is 18.6. The molecule has 5 nitrogen and oxygen atoms in total. The zero-order valence-corrected chi connectivity index (χ0v) is 18.6. The lowest BCUT2D eigenvalue weighted by Gasteiger charge is -2.46. The molecular formula is C26H31N3O2. The van der Waals surface area contributed by atoms with Crippen LogP contribution >= 0.6 is 0 Å². The third-order valence-corrected chi connectivity index (χ3v) is 6.29. The fourth-order valence-corrected chi connectivity index (χ4v) is 4.73. The van der Waals surface area contributed by atoms with E-state index in [0.29, 0.717) is 31.8 Å². The lowest BCUT2D eigenvalue weighted by atomic mass is 9.78. The number of para-hydroxylation sites is 1. The number of ether oxygens (including phenoxy) is 1. The molecule has 1 amide bonds. The third-order valence-electron chi connectivity index (χ3n) is 6.29. The summed E-state index contributed by atoms with van der Waals surface area (Å²) in [6.07, 6.45) is 4.01. The van der Waals surface area contributed by atoms with Crippen LogP contribution in [0.4, 0.5) is 0 Å². The fraction of sp³-hybridized carbons (Fsp3) is 0.385. The van der Waals surface area contributed by atoms with Gasteiger partial charge in [-0.05, 0) is 42.2 Å². The maximum Gasteiger partial charge on any atom is 0.253 e. The maximum atomic E-state index is 13.1. The average molecular weight is 418 g/mol. The number of carbonyl (C=O) groups excluding carboxylic acids is 1. The summed E-state index contributed by atoms with van der Waals surface area (Å²) in [6.45, 7) is 5.63. The SMILES string of the molecule is CN=C1/C(=C\N)C2(CCN(C(=O)c3ccc(CC(C)C)cc3)CC2)Oc2ccccc21. The van der Waals surface area contributed by atoms with Crippen molar-refractivity contribution in [2.45, 2.75) is 38.7 Å². The number of rotatable bonds is 3. The van der Waals surface area contributed by atoms with Crippen molar-refractivity contribution in [2.24, 2.45) is 16.6 Å². The van der Waals surface area contributed by atoms with Crippen LogP contribution in [-0.4, -0.2) is 42.3 Å². The number of nitrogens with zero attached hydrogens (tertiary/aromatic N) is 2.